The molecule has 2 aliphatic carbocycles. The molecule has 4 atom stereocenters. The van der Waals surface area contributed by atoms with Crippen LogP contribution >= 0.6 is 0 Å². The van der Waals surface area contributed by atoms with Gasteiger partial charge in [-0.15, -0.1) is 6.58 Å². The van der Waals surface area contributed by atoms with E-state index in [0.717, 1.165) is 6.42 Å². The molecule has 1 aromatic carbocycles. The second-order valence-corrected chi connectivity index (χ2v) is 6.40. The van der Waals surface area contributed by atoms with Crippen molar-refractivity contribution < 1.29 is 19.5 Å². The average Bonchev–Trinajstić information content (AvgIpc) is 3.21. The van der Waals surface area contributed by atoms with Gasteiger partial charge in [0.2, 0.25) is 5.91 Å². The molecule has 6 heteroatoms. The SMILES string of the molecule is C=CCNC(=O)c1ccc(NC(=O)[C@@H]2[C@@H](C(=O)O)[C@H]3C=C[C@H]2C3)cc1. The Labute approximate surface area is 145 Å². The highest BCUT2D eigenvalue weighted by molar-refractivity contribution is 5.98. The zero-order valence-electron chi connectivity index (χ0n) is 13.6. The second kappa shape index (κ2) is 6.93. The Morgan fingerprint density at radius 2 is 1.76 bits per heavy atom. The van der Waals surface area contributed by atoms with Crippen molar-refractivity contribution in [1.29, 1.82) is 0 Å². The molecule has 1 fully saturated rings. The number of rotatable bonds is 6. The van der Waals surface area contributed by atoms with Crippen LogP contribution in [0, 0.1) is 23.7 Å². The van der Waals surface area contributed by atoms with Gasteiger partial charge in [0, 0.05) is 17.8 Å². The molecule has 0 aliphatic heterocycles. The standard InChI is InChI=1S/C19H20N2O4/c1-2-9-20-17(22)11-5-7-14(8-6-11)21-18(23)15-12-3-4-13(10-12)16(15)19(24)25/h2-8,12-13,15-16H,1,9-10H2,(H,20,22)(H,21,23)(H,24,25)/t12-,13-,15-,16-/m0/s1. The van der Waals surface area contributed by atoms with Gasteiger partial charge < -0.3 is 15.7 Å². The Hall–Kier alpha value is -2.89. The van der Waals surface area contributed by atoms with Crippen molar-refractivity contribution in [3.63, 3.8) is 0 Å². The molecule has 6 nitrogen and oxygen atoms in total. The molecule has 1 saturated carbocycles. The number of amides is 2. The first-order valence-corrected chi connectivity index (χ1v) is 8.22. The van der Waals surface area contributed by atoms with Gasteiger partial charge in [-0.25, -0.2) is 0 Å². The highest BCUT2D eigenvalue weighted by Crippen LogP contribution is 2.48. The van der Waals surface area contributed by atoms with E-state index < -0.39 is 17.8 Å². The van der Waals surface area contributed by atoms with Crippen LogP contribution in [0.2, 0.25) is 0 Å². The first-order valence-electron chi connectivity index (χ1n) is 8.22. The van der Waals surface area contributed by atoms with Crippen molar-refractivity contribution in [2.45, 2.75) is 6.42 Å². The van der Waals surface area contributed by atoms with Gasteiger partial charge in [0.05, 0.1) is 11.8 Å². The minimum Gasteiger partial charge on any atom is -0.481 e. The van der Waals surface area contributed by atoms with Crippen molar-refractivity contribution in [3.8, 4) is 0 Å². The van der Waals surface area contributed by atoms with Crippen molar-refractivity contribution in [2.24, 2.45) is 23.7 Å². The summed E-state index contributed by atoms with van der Waals surface area (Å²) in [5.41, 5.74) is 1.02. The number of aliphatic carboxylic acids is 1. The predicted molar refractivity (Wildman–Crippen MR) is 93.0 cm³/mol. The van der Waals surface area contributed by atoms with Crippen molar-refractivity contribution in [1.82, 2.24) is 5.32 Å². The van der Waals surface area contributed by atoms with E-state index >= 15 is 0 Å². The van der Waals surface area contributed by atoms with Crippen LogP contribution in [0.4, 0.5) is 5.69 Å². The third kappa shape index (κ3) is 3.33. The molecule has 0 aromatic heterocycles. The summed E-state index contributed by atoms with van der Waals surface area (Å²) in [5, 5.41) is 14.9. The summed E-state index contributed by atoms with van der Waals surface area (Å²) in [6.45, 7) is 3.92. The molecular weight excluding hydrogens is 320 g/mol. The van der Waals surface area contributed by atoms with Gasteiger partial charge in [0.15, 0.2) is 0 Å². The molecule has 0 unspecified atom stereocenters. The molecular formula is C19H20N2O4. The van der Waals surface area contributed by atoms with Crippen LogP contribution in [0.5, 0.6) is 0 Å². The summed E-state index contributed by atoms with van der Waals surface area (Å²) in [7, 11) is 0. The zero-order valence-corrected chi connectivity index (χ0v) is 13.6. The lowest BCUT2D eigenvalue weighted by atomic mass is 9.82. The summed E-state index contributed by atoms with van der Waals surface area (Å²) in [5.74, 6) is -2.73. The predicted octanol–water partition coefficient (Wildman–Crippen LogP) is 2.06. The Kier molecular flexibility index (Phi) is 4.70. The molecule has 2 bridgehead atoms. The number of fused-ring (bicyclic) bond motifs is 2. The monoisotopic (exact) mass is 340 g/mol. The quantitative estimate of drug-likeness (QED) is 0.691. The van der Waals surface area contributed by atoms with Crippen molar-refractivity contribution in [3.05, 3.63) is 54.6 Å². The van der Waals surface area contributed by atoms with Crippen LogP contribution in [-0.2, 0) is 9.59 Å². The maximum Gasteiger partial charge on any atom is 0.307 e. The topological polar surface area (TPSA) is 95.5 Å². The largest absolute Gasteiger partial charge is 0.481 e. The van der Waals surface area contributed by atoms with Crippen LogP contribution in [0.25, 0.3) is 0 Å². The number of carbonyl (C=O) groups is 3. The molecule has 2 aliphatic rings. The number of benzene rings is 1. The van der Waals surface area contributed by atoms with Crippen LogP contribution in [0.1, 0.15) is 16.8 Å². The molecule has 0 spiro atoms. The van der Waals surface area contributed by atoms with Crippen molar-refractivity contribution >= 4 is 23.5 Å². The van der Waals surface area contributed by atoms with E-state index in [1.165, 1.54) is 0 Å². The Bertz CT molecular complexity index is 738. The Morgan fingerprint density at radius 3 is 2.36 bits per heavy atom. The lowest BCUT2D eigenvalue weighted by Gasteiger charge is -2.23. The summed E-state index contributed by atoms with van der Waals surface area (Å²) in [6.07, 6.45) is 6.16. The average molecular weight is 340 g/mol. The van der Waals surface area contributed by atoms with Crippen LogP contribution < -0.4 is 10.6 Å². The number of anilines is 1. The third-order valence-corrected chi connectivity index (χ3v) is 4.87. The minimum atomic E-state index is -0.925. The van der Waals surface area contributed by atoms with Crippen LogP contribution in [0.15, 0.2) is 49.1 Å². The zero-order chi connectivity index (χ0) is 18.0. The highest BCUT2D eigenvalue weighted by atomic mass is 16.4. The maximum atomic E-state index is 12.6. The number of carbonyl (C=O) groups excluding carboxylic acids is 2. The van der Waals surface area contributed by atoms with E-state index in [4.69, 9.17) is 0 Å². The number of nitrogens with one attached hydrogen (secondary N) is 2. The summed E-state index contributed by atoms with van der Waals surface area (Å²) < 4.78 is 0. The van der Waals surface area contributed by atoms with Gasteiger partial charge in [-0.05, 0) is 42.5 Å². The summed E-state index contributed by atoms with van der Waals surface area (Å²) >= 11 is 0. The number of carboxylic acid groups (broad SMARTS) is 1. The van der Waals surface area contributed by atoms with Gasteiger partial charge in [0.25, 0.3) is 5.91 Å². The van der Waals surface area contributed by atoms with E-state index in [1.54, 1.807) is 30.3 Å². The minimum absolute atomic E-state index is 0.0185. The van der Waals surface area contributed by atoms with E-state index in [-0.39, 0.29) is 23.7 Å². The van der Waals surface area contributed by atoms with Crippen LogP contribution in [0.3, 0.4) is 0 Å². The third-order valence-electron chi connectivity index (χ3n) is 4.87. The molecule has 25 heavy (non-hydrogen) atoms. The van der Waals surface area contributed by atoms with Gasteiger partial charge >= 0.3 is 5.97 Å². The Morgan fingerprint density at radius 1 is 1.12 bits per heavy atom. The Balaban J connectivity index is 1.67. The molecule has 0 heterocycles. The van der Waals surface area contributed by atoms with Gasteiger partial charge in [-0.2, -0.15) is 0 Å². The molecule has 2 amide bonds. The fourth-order valence-electron chi connectivity index (χ4n) is 3.71. The second-order valence-electron chi connectivity index (χ2n) is 6.40. The number of hydrogen-bond acceptors (Lipinski definition) is 3. The smallest absolute Gasteiger partial charge is 0.307 e. The fraction of sp³-hybridized carbons (Fsp3) is 0.316. The molecule has 3 rings (SSSR count). The van der Waals surface area contributed by atoms with E-state index in [1.807, 2.05) is 12.2 Å². The van der Waals surface area contributed by atoms with Crippen molar-refractivity contribution in [2.75, 3.05) is 11.9 Å². The van der Waals surface area contributed by atoms with Gasteiger partial charge in [-0.1, -0.05) is 18.2 Å². The highest BCUT2D eigenvalue weighted by Gasteiger charge is 2.51. The summed E-state index contributed by atoms with van der Waals surface area (Å²) in [6, 6.07) is 6.51. The fourth-order valence-corrected chi connectivity index (χ4v) is 3.71. The number of carboxylic acids is 1. The van der Waals surface area contributed by atoms with E-state index in [0.29, 0.717) is 17.8 Å². The first-order chi connectivity index (χ1) is 12.0. The normalized spacial score (nSPS) is 26.2. The van der Waals surface area contributed by atoms with Gasteiger partial charge in [-0.3, -0.25) is 14.4 Å². The van der Waals surface area contributed by atoms with Crippen LogP contribution in [-0.4, -0.2) is 29.4 Å². The molecule has 0 radical (unpaired) electrons. The number of hydrogen-bond donors (Lipinski definition) is 3. The maximum absolute atomic E-state index is 12.6. The van der Waals surface area contributed by atoms with Gasteiger partial charge in [0.1, 0.15) is 0 Å². The number of allylic oxidation sites excluding steroid dienone is 2. The first kappa shape index (κ1) is 17.0. The lowest BCUT2D eigenvalue weighted by molar-refractivity contribution is -0.146. The molecule has 0 saturated heterocycles. The summed E-state index contributed by atoms with van der Waals surface area (Å²) in [4.78, 5) is 35.9. The lowest BCUT2D eigenvalue weighted by Crippen LogP contribution is -2.36. The molecule has 130 valence electrons. The van der Waals surface area contributed by atoms with E-state index in [2.05, 4.69) is 17.2 Å². The van der Waals surface area contributed by atoms with E-state index in [9.17, 15) is 19.5 Å². The molecule has 3 N–H and O–H groups in total. The molecule has 1 aromatic rings.